The molecule has 0 radical (unpaired) electrons. The van der Waals surface area contributed by atoms with Gasteiger partial charge in [-0.05, 0) is 55.3 Å². The van der Waals surface area contributed by atoms with E-state index >= 15 is 0 Å². The second-order valence-corrected chi connectivity index (χ2v) is 7.39. The Kier molecular flexibility index (Phi) is 5.94. The fourth-order valence-electron chi connectivity index (χ4n) is 2.29. The molecule has 0 aliphatic heterocycles. The third-order valence-electron chi connectivity index (χ3n) is 3.91. The van der Waals surface area contributed by atoms with Crippen molar-refractivity contribution >= 4 is 21.8 Å². The van der Waals surface area contributed by atoms with Gasteiger partial charge in [0.05, 0.1) is 4.90 Å². The highest BCUT2D eigenvalue weighted by Crippen LogP contribution is 2.15. The molecular weight excluding hydrogens is 352 g/mol. The molecule has 26 heavy (non-hydrogen) atoms. The summed E-state index contributed by atoms with van der Waals surface area (Å²) in [7, 11) is -4.04. The smallest absolute Gasteiger partial charge is 0.265 e. The average molecular weight is 372 g/mol. The lowest BCUT2D eigenvalue weighted by Gasteiger charge is -2.10. The van der Waals surface area contributed by atoms with Crippen LogP contribution in [0.2, 0.25) is 0 Å². The first-order valence-electron chi connectivity index (χ1n) is 7.89. The molecule has 0 atom stereocenters. The largest absolute Gasteiger partial charge is 0.349 e. The van der Waals surface area contributed by atoms with Gasteiger partial charge in [0.1, 0.15) is 0 Å². The van der Waals surface area contributed by atoms with Gasteiger partial charge in [-0.3, -0.25) is 9.59 Å². The zero-order valence-electron chi connectivity index (χ0n) is 14.6. The number of carbonyl (C=O) groups excluding carboxylic acids is 2. The van der Waals surface area contributed by atoms with E-state index in [2.05, 4.69) is 16.6 Å². The number of hydrogen-bond donors (Lipinski definition) is 2. The molecule has 0 saturated heterocycles. The second-order valence-electron chi connectivity index (χ2n) is 5.71. The second kappa shape index (κ2) is 7.97. The van der Waals surface area contributed by atoms with Crippen LogP contribution in [0, 0.1) is 13.8 Å². The lowest BCUT2D eigenvalue weighted by molar-refractivity contribution is 0.0954. The molecule has 0 bridgehead atoms. The van der Waals surface area contributed by atoms with Gasteiger partial charge in [-0.25, -0.2) is 13.1 Å². The van der Waals surface area contributed by atoms with Crippen LogP contribution >= 0.6 is 0 Å². The SMILES string of the molecule is C=CCNC(=O)c1ccc(S(=O)(=O)NC(=O)c2cccc(C)c2C)cc1. The van der Waals surface area contributed by atoms with Crippen LogP contribution in [0.25, 0.3) is 0 Å². The van der Waals surface area contributed by atoms with Crippen molar-refractivity contribution in [3.05, 3.63) is 77.4 Å². The zero-order chi connectivity index (χ0) is 19.3. The fourth-order valence-corrected chi connectivity index (χ4v) is 3.25. The van der Waals surface area contributed by atoms with Crippen LogP contribution in [0.5, 0.6) is 0 Å². The number of aryl methyl sites for hydroxylation is 1. The number of hydrogen-bond acceptors (Lipinski definition) is 4. The van der Waals surface area contributed by atoms with Crippen LogP contribution < -0.4 is 10.0 Å². The predicted molar refractivity (Wildman–Crippen MR) is 99.5 cm³/mol. The lowest BCUT2D eigenvalue weighted by Crippen LogP contribution is -2.31. The molecule has 0 aromatic heterocycles. The Morgan fingerprint density at radius 3 is 2.31 bits per heavy atom. The maximum Gasteiger partial charge on any atom is 0.265 e. The summed E-state index contributed by atoms with van der Waals surface area (Å²) in [6, 6.07) is 10.4. The molecule has 2 rings (SSSR count). The van der Waals surface area contributed by atoms with E-state index in [1.54, 1.807) is 25.1 Å². The van der Waals surface area contributed by atoms with Gasteiger partial charge in [0.2, 0.25) is 0 Å². The molecule has 2 amide bonds. The number of rotatable bonds is 6. The Morgan fingerprint density at radius 2 is 1.69 bits per heavy atom. The molecule has 2 aromatic carbocycles. The Bertz CT molecular complexity index is 948. The highest BCUT2D eigenvalue weighted by Gasteiger charge is 2.20. The molecule has 0 spiro atoms. The number of carbonyl (C=O) groups is 2. The summed E-state index contributed by atoms with van der Waals surface area (Å²) in [6.45, 7) is 7.41. The molecule has 0 aliphatic carbocycles. The van der Waals surface area contributed by atoms with Gasteiger partial charge in [-0.1, -0.05) is 18.2 Å². The fraction of sp³-hybridized carbons (Fsp3) is 0.158. The molecule has 0 aliphatic rings. The molecule has 0 heterocycles. The quantitative estimate of drug-likeness (QED) is 0.761. The van der Waals surface area contributed by atoms with Crippen molar-refractivity contribution in [1.29, 1.82) is 0 Å². The average Bonchev–Trinajstić information content (AvgIpc) is 2.61. The first-order chi connectivity index (χ1) is 12.3. The summed E-state index contributed by atoms with van der Waals surface area (Å²) >= 11 is 0. The van der Waals surface area contributed by atoms with Gasteiger partial charge in [0.25, 0.3) is 21.8 Å². The zero-order valence-corrected chi connectivity index (χ0v) is 15.4. The summed E-state index contributed by atoms with van der Waals surface area (Å²) < 4.78 is 26.9. The van der Waals surface area contributed by atoms with E-state index in [-0.39, 0.29) is 10.8 Å². The van der Waals surface area contributed by atoms with Gasteiger partial charge in [0.15, 0.2) is 0 Å². The van der Waals surface area contributed by atoms with Crippen molar-refractivity contribution in [2.24, 2.45) is 0 Å². The molecule has 0 fully saturated rings. The van der Waals surface area contributed by atoms with Crippen molar-refractivity contribution in [2.45, 2.75) is 18.7 Å². The molecule has 2 N–H and O–H groups in total. The van der Waals surface area contributed by atoms with Gasteiger partial charge in [-0.2, -0.15) is 0 Å². The van der Waals surface area contributed by atoms with Crippen LogP contribution in [0.4, 0.5) is 0 Å². The highest BCUT2D eigenvalue weighted by atomic mass is 32.2. The molecule has 136 valence electrons. The summed E-state index contributed by atoms with van der Waals surface area (Å²) in [5.41, 5.74) is 2.22. The molecule has 2 aromatic rings. The minimum atomic E-state index is -4.04. The topological polar surface area (TPSA) is 92.3 Å². The predicted octanol–water partition coefficient (Wildman–Crippen LogP) is 2.34. The number of sulfonamides is 1. The summed E-state index contributed by atoms with van der Waals surface area (Å²) in [6.07, 6.45) is 1.54. The van der Waals surface area contributed by atoms with Crippen molar-refractivity contribution in [1.82, 2.24) is 10.0 Å². The van der Waals surface area contributed by atoms with Crippen LogP contribution in [0.15, 0.2) is 60.0 Å². The summed E-state index contributed by atoms with van der Waals surface area (Å²) in [5, 5.41) is 2.60. The van der Waals surface area contributed by atoms with Crippen molar-refractivity contribution < 1.29 is 18.0 Å². The van der Waals surface area contributed by atoms with Crippen LogP contribution in [-0.4, -0.2) is 26.8 Å². The van der Waals surface area contributed by atoms with Gasteiger partial charge >= 0.3 is 0 Å². The van der Waals surface area contributed by atoms with E-state index in [9.17, 15) is 18.0 Å². The lowest BCUT2D eigenvalue weighted by atomic mass is 10.0. The number of benzene rings is 2. The van der Waals surface area contributed by atoms with E-state index < -0.39 is 15.9 Å². The van der Waals surface area contributed by atoms with E-state index in [1.807, 2.05) is 13.0 Å². The highest BCUT2D eigenvalue weighted by molar-refractivity contribution is 7.90. The summed E-state index contributed by atoms with van der Waals surface area (Å²) in [5.74, 6) is -1.03. The molecular formula is C19H20N2O4S. The maximum atomic E-state index is 12.4. The third kappa shape index (κ3) is 4.37. The van der Waals surface area contributed by atoms with Crippen LogP contribution in [0.1, 0.15) is 31.8 Å². The van der Waals surface area contributed by atoms with Gasteiger partial charge in [-0.15, -0.1) is 6.58 Å². The van der Waals surface area contributed by atoms with E-state index in [0.717, 1.165) is 11.1 Å². The van der Waals surface area contributed by atoms with Gasteiger partial charge in [0, 0.05) is 17.7 Å². The Labute approximate surface area is 153 Å². The first kappa shape index (κ1) is 19.4. The molecule has 7 heteroatoms. The molecule has 0 saturated carbocycles. The third-order valence-corrected chi connectivity index (χ3v) is 5.26. The monoisotopic (exact) mass is 372 g/mol. The van der Waals surface area contributed by atoms with Crippen molar-refractivity contribution in [3.8, 4) is 0 Å². The van der Waals surface area contributed by atoms with Crippen LogP contribution in [-0.2, 0) is 10.0 Å². The van der Waals surface area contributed by atoms with Crippen molar-refractivity contribution in [3.63, 3.8) is 0 Å². The maximum absolute atomic E-state index is 12.4. The van der Waals surface area contributed by atoms with Crippen LogP contribution in [0.3, 0.4) is 0 Å². The number of nitrogens with one attached hydrogen (secondary N) is 2. The number of amides is 2. The van der Waals surface area contributed by atoms with E-state index in [4.69, 9.17) is 0 Å². The van der Waals surface area contributed by atoms with Gasteiger partial charge < -0.3 is 5.32 Å². The Morgan fingerprint density at radius 1 is 1.04 bits per heavy atom. The minimum absolute atomic E-state index is 0.101. The summed E-state index contributed by atoms with van der Waals surface area (Å²) in [4.78, 5) is 24.1. The first-order valence-corrected chi connectivity index (χ1v) is 9.37. The normalized spacial score (nSPS) is 10.8. The molecule has 0 unspecified atom stereocenters. The minimum Gasteiger partial charge on any atom is -0.349 e. The standard InChI is InChI=1S/C19H20N2O4S/c1-4-12-20-18(22)15-8-10-16(11-9-15)26(24,25)21-19(23)17-7-5-6-13(2)14(17)3/h4-11H,1,12H2,2-3H3,(H,20,22)(H,21,23). The molecule has 6 nitrogen and oxygen atoms in total. The Balaban J connectivity index is 2.19. The Hall–Kier alpha value is -2.93. The van der Waals surface area contributed by atoms with E-state index in [0.29, 0.717) is 17.7 Å². The van der Waals surface area contributed by atoms with Crippen molar-refractivity contribution in [2.75, 3.05) is 6.54 Å². The van der Waals surface area contributed by atoms with E-state index in [1.165, 1.54) is 24.3 Å².